The molecule has 3 nitrogen and oxygen atoms in total. The maximum Gasteiger partial charge on any atom is 0.0529 e. The second-order valence-electron chi connectivity index (χ2n) is 4.24. The first-order valence-corrected chi connectivity index (χ1v) is 6.02. The van der Waals surface area contributed by atoms with E-state index in [0.29, 0.717) is 0 Å². The van der Waals surface area contributed by atoms with Gasteiger partial charge in [0, 0.05) is 36.9 Å². The lowest BCUT2D eigenvalue weighted by Gasteiger charge is -2.07. The van der Waals surface area contributed by atoms with Gasteiger partial charge in [-0.3, -0.25) is 4.98 Å². The smallest absolute Gasteiger partial charge is 0.0529 e. The molecule has 0 saturated heterocycles. The van der Waals surface area contributed by atoms with Crippen molar-refractivity contribution in [2.75, 3.05) is 5.32 Å². The summed E-state index contributed by atoms with van der Waals surface area (Å²) in [6.07, 6.45) is 3.63. The predicted octanol–water partition coefficient (Wildman–Crippen LogP) is 3.13. The Kier molecular flexibility index (Phi) is 3.47. The van der Waals surface area contributed by atoms with E-state index in [1.54, 1.807) is 6.20 Å². The topological polar surface area (TPSA) is 29.9 Å². The van der Waals surface area contributed by atoms with E-state index in [2.05, 4.69) is 41.7 Å². The van der Waals surface area contributed by atoms with E-state index < -0.39 is 0 Å². The van der Waals surface area contributed by atoms with Crippen LogP contribution in [0.5, 0.6) is 0 Å². The summed E-state index contributed by atoms with van der Waals surface area (Å²) in [5.74, 6) is 0. The van der Waals surface area contributed by atoms with Gasteiger partial charge in [-0.15, -0.1) is 0 Å². The largest absolute Gasteiger partial charge is 0.380 e. The molecule has 3 heteroatoms. The van der Waals surface area contributed by atoms with Crippen LogP contribution in [0.2, 0.25) is 0 Å². The van der Waals surface area contributed by atoms with Crippen molar-refractivity contribution >= 4 is 5.69 Å². The fourth-order valence-electron chi connectivity index (χ4n) is 2.20. The molecule has 2 heterocycles. The molecule has 0 aliphatic carbocycles. The number of nitrogens with zero attached hydrogens (tertiary/aromatic N) is 2. The minimum absolute atomic E-state index is 0.853. The summed E-state index contributed by atoms with van der Waals surface area (Å²) in [7, 11) is 0. The van der Waals surface area contributed by atoms with Crippen LogP contribution in [0.3, 0.4) is 0 Å². The number of nitrogens with one attached hydrogen (secondary N) is 1. The number of pyridine rings is 1. The van der Waals surface area contributed by atoms with Crippen molar-refractivity contribution in [1.82, 2.24) is 9.55 Å². The molecule has 0 fully saturated rings. The van der Waals surface area contributed by atoms with Gasteiger partial charge in [-0.1, -0.05) is 0 Å². The van der Waals surface area contributed by atoms with Crippen LogP contribution in [0, 0.1) is 13.8 Å². The molecule has 0 atom stereocenters. The number of hydrogen-bond donors (Lipinski definition) is 1. The molecule has 0 bridgehead atoms. The fraction of sp³-hybridized carbons (Fsp3) is 0.357. The summed E-state index contributed by atoms with van der Waals surface area (Å²) in [6, 6.07) is 6.23. The Balaban J connectivity index is 2.10. The molecule has 17 heavy (non-hydrogen) atoms. The summed E-state index contributed by atoms with van der Waals surface area (Å²) < 4.78 is 2.33. The van der Waals surface area contributed by atoms with Crippen LogP contribution in [-0.4, -0.2) is 9.55 Å². The highest BCUT2D eigenvalue weighted by Gasteiger charge is 2.06. The van der Waals surface area contributed by atoms with Crippen LogP contribution >= 0.6 is 0 Å². The average Bonchev–Trinajstić information content (AvgIpc) is 2.63. The average molecular weight is 229 g/mol. The Hall–Kier alpha value is -1.77. The highest BCUT2D eigenvalue weighted by Crippen LogP contribution is 2.16. The summed E-state index contributed by atoms with van der Waals surface area (Å²) in [5, 5.41) is 3.39. The third-order valence-electron chi connectivity index (χ3n) is 3.14. The van der Waals surface area contributed by atoms with E-state index in [-0.39, 0.29) is 0 Å². The summed E-state index contributed by atoms with van der Waals surface area (Å²) in [4.78, 5) is 4.09. The lowest BCUT2D eigenvalue weighted by atomic mass is 10.2. The quantitative estimate of drug-likeness (QED) is 0.873. The van der Waals surface area contributed by atoms with Crippen molar-refractivity contribution in [2.24, 2.45) is 0 Å². The normalized spacial score (nSPS) is 10.5. The number of anilines is 1. The maximum atomic E-state index is 4.09. The van der Waals surface area contributed by atoms with E-state index in [9.17, 15) is 0 Å². The van der Waals surface area contributed by atoms with Crippen LogP contribution in [0.15, 0.2) is 30.6 Å². The first-order valence-electron chi connectivity index (χ1n) is 6.02. The van der Waals surface area contributed by atoms with Crippen molar-refractivity contribution in [3.8, 4) is 0 Å². The molecule has 0 radical (unpaired) electrons. The van der Waals surface area contributed by atoms with Gasteiger partial charge in [-0.2, -0.15) is 0 Å². The highest BCUT2D eigenvalue weighted by molar-refractivity contribution is 5.41. The Bertz CT molecular complexity index is 486. The number of aryl methyl sites for hydroxylation is 1. The summed E-state index contributed by atoms with van der Waals surface area (Å²) in [5.41, 5.74) is 5.09. The van der Waals surface area contributed by atoms with Gasteiger partial charge in [0.25, 0.3) is 0 Å². The van der Waals surface area contributed by atoms with Gasteiger partial charge in [-0.25, -0.2) is 0 Å². The lowest BCUT2D eigenvalue weighted by Crippen LogP contribution is -2.03. The standard InChI is InChI=1S/C14H19N3/c1-4-17-11(2)8-13(12(17)3)9-16-14-6-5-7-15-10-14/h5-8,10,16H,4,9H2,1-3H3. The molecular formula is C14H19N3. The SMILES string of the molecule is CCn1c(C)cc(CNc2cccnc2)c1C. The molecule has 2 rings (SSSR count). The molecule has 90 valence electrons. The van der Waals surface area contributed by atoms with E-state index in [4.69, 9.17) is 0 Å². The zero-order valence-corrected chi connectivity index (χ0v) is 10.7. The van der Waals surface area contributed by atoms with Gasteiger partial charge < -0.3 is 9.88 Å². The second-order valence-corrected chi connectivity index (χ2v) is 4.24. The van der Waals surface area contributed by atoms with Gasteiger partial charge in [0.15, 0.2) is 0 Å². The Morgan fingerprint density at radius 2 is 2.18 bits per heavy atom. The van der Waals surface area contributed by atoms with Gasteiger partial charge in [0.2, 0.25) is 0 Å². The third kappa shape index (κ3) is 2.49. The molecule has 0 aromatic carbocycles. The van der Waals surface area contributed by atoms with E-state index >= 15 is 0 Å². The highest BCUT2D eigenvalue weighted by atomic mass is 15.0. The molecule has 0 saturated carbocycles. The van der Waals surface area contributed by atoms with Crippen molar-refractivity contribution in [3.05, 3.63) is 47.5 Å². The van der Waals surface area contributed by atoms with Crippen LogP contribution in [0.1, 0.15) is 23.9 Å². The first kappa shape index (κ1) is 11.7. The Morgan fingerprint density at radius 1 is 1.35 bits per heavy atom. The fourth-order valence-corrected chi connectivity index (χ4v) is 2.20. The monoisotopic (exact) mass is 229 g/mol. The van der Waals surface area contributed by atoms with E-state index in [1.165, 1.54) is 17.0 Å². The number of hydrogen-bond acceptors (Lipinski definition) is 2. The van der Waals surface area contributed by atoms with E-state index in [0.717, 1.165) is 18.8 Å². The third-order valence-corrected chi connectivity index (χ3v) is 3.14. The van der Waals surface area contributed by atoms with Crippen molar-refractivity contribution in [2.45, 2.75) is 33.9 Å². The van der Waals surface area contributed by atoms with Gasteiger partial charge >= 0.3 is 0 Å². The van der Waals surface area contributed by atoms with Crippen molar-refractivity contribution < 1.29 is 0 Å². The maximum absolute atomic E-state index is 4.09. The zero-order chi connectivity index (χ0) is 12.3. The summed E-state index contributed by atoms with van der Waals surface area (Å²) >= 11 is 0. The molecule has 0 aliphatic rings. The minimum Gasteiger partial charge on any atom is -0.380 e. The summed E-state index contributed by atoms with van der Waals surface area (Å²) in [6.45, 7) is 8.40. The van der Waals surface area contributed by atoms with Gasteiger partial charge in [0.05, 0.1) is 5.69 Å². The first-order chi connectivity index (χ1) is 8.22. The molecule has 1 N–H and O–H groups in total. The molecule has 0 spiro atoms. The van der Waals surface area contributed by atoms with Crippen LogP contribution in [0.25, 0.3) is 0 Å². The molecule has 0 aliphatic heterocycles. The Morgan fingerprint density at radius 3 is 2.76 bits per heavy atom. The molecular weight excluding hydrogens is 210 g/mol. The molecule has 2 aromatic heterocycles. The lowest BCUT2D eigenvalue weighted by molar-refractivity contribution is 0.715. The minimum atomic E-state index is 0.853. The number of rotatable bonds is 4. The Labute approximate surface area is 103 Å². The second kappa shape index (κ2) is 5.04. The molecule has 2 aromatic rings. The van der Waals surface area contributed by atoms with Gasteiger partial charge in [0.1, 0.15) is 0 Å². The van der Waals surface area contributed by atoms with Crippen LogP contribution in [0.4, 0.5) is 5.69 Å². The predicted molar refractivity (Wildman–Crippen MR) is 71.1 cm³/mol. The van der Waals surface area contributed by atoms with Crippen LogP contribution in [-0.2, 0) is 13.1 Å². The number of aromatic nitrogens is 2. The zero-order valence-electron chi connectivity index (χ0n) is 10.7. The van der Waals surface area contributed by atoms with Crippen LogP contribution < -0.4 is 5.32 Å². The molecule has 0 unspecified atom stereocenters. The van der Waals surface area contributed by atoms with Gasteiger partial charge in [-0.05, 0) is 44.5 Å². The van der Waals surface area contributed by atoms with Crippen molar-refractivity contribution in [1.29, 1.82) is 0 Å². The molecule has 0 amide bonds. The van der Waals surface area contributed by atoms with Crippen molar-refractivity contribution in [3.63, 3.8) is 0 Å². The van der Waals surface area contributed by atoms with E-state index in [1.807, 2.05) is 18.3 Å².